The van der Waals surface area contributed by atoms with Crippen LogP contribution in [0.15, 0.2) is 24.3 Å². The van der Waals surface area contributed by atoms with Gasteiger partial charge in [-0.1, -0.05) is 18.2 Å². The van der Waals surface area contributed by atoms with Gasteiger partial charge in [-0.05, 0) is 37.8 Å². The molecule has 0 aliphatic carbocycles. The average molecular weight is 330 g/mol. The molecule has 4 nitrogen and oxygen atoms in total. The second-order valence-corrected chi connectivity index (χ2v) is 5.95. The van der Waals surface area contributed by atoms with E-state index in [-0.39, 0.29) is 24.6 Å². The second-order valence-electron chi connectivity index (χ2n) is 5.95. The standard InChI is InChI=1S/C16H21F3N2O2/c1-11(20-15(23)21-8-4-6-13(22)10-21)9-12-5-2-3-7-14(12)16(17,18)19/h2-3,5,7,11,13,22H,4,6,8-10H2,1H3,(H,20,23)/t11-,13-/m1/s1. The molecule has 2 N–H and O–H groups in total. The average Bonchev–Trinajstić information content (AvgIpc) is 2.46. The Morgan fingerprint density at radius 3 is 2.78 bits per heavy atom. The molecule has 1 aromatic carbocycles. The number of carbonyl (C=O) groups excluding carboxylic acids is 1. The van der Waals surface area contributed by atoms with E-state index in [2.05, 4.69) is 5.32 Å². The quantitative estimate of drug-likeness (QED) is 0.895. The Hall–Kier alpha value is -1.76. The molecule has 0 radical (unpaired) electrons. The van der Waals surface area contributed by atoms with Crippen LogP contribution >= 0.6 is 0 Å². The number of halogens is 3. The van der Waals surface area contributed by atoms with E-state index in [1.807, 2.05) is 0 Å². The van der Waals surface area contributed by atoms with Gasteiger partial charge in [0.1, 0.15) is 0 Å². The third kappa shape index (κ3) is 4.86. The minimum absolute atomic E-state index is 0.0951. The van der Waals surface area contributed by atoms with Crippen LogP contribution in [0.25, 0.3) is 0 Å². The van der Waals surface area contributed by atoms with Crippen molar-refractivity contribution in [1.29, 1.82) is 0 Å². The Bertz CT molecular complexity index is 548. The maximum atomic E-state index is 13.0. The zero-order chi connectivity index (χ0) is 17.0. The van der Waals surface area contributed by atoms with E-state index >= 15 is 0 Å². The van der Waals surface area contributed by atoms with Gasteiger partial charge < -0.3 is 15.3 Å². The number of β-amino-alcohol motifs (C(OH)–C–C–N with tert-alkyl or cyclic N) is 1. The summed E-state index contributed by atoms with van der Waals surface area (Å²) in [6.45, 7) is 2.48. The minimum atomic E-state index is -4.41. The van der Waals surface area contributed by atoms with Crippen LogP contribution in [0, 0.1) is 0 Å². The van der Waals surface area contributed by atoms with E-state index in [0.29, 0.717) is 13.0 Å². The lowest BCUT2D eigenvalue weighted by atomic mass is 10.0. The van der Waals surface area contributed by atoms with Gasteiger partial charge in [-0.2, -0.15) is 13.2 Å². The highest BCUT2D eigenvalue weighted by Crippen LogP contribution is 2.32. The van der Waals surface area contributed by atoms with Crippen molar-refractivity contribution in [3.05, 3.63) is 35.4 Å². The molecule has 0 bridgehead atoms. The number of nitrogens with zero attached hydrogens (tertiary/aromatic N) is 1. The summed E-state index contributed by atoms with van der Waals surface area (Å²) in [5.74, 6) is 0. The van der Waals surface area contributed by atoms with Gasteiger partial charge in [0.2, 0.25) is 0 Å². The molecule has 1 aliphatic rings. The lowest BCUT2D eigenvalue weighted by Crippen LogP contribution is -2.49. The Morgan fingerprint density at radius 1 is 1.43 bits per heavy atom. The molecule has 0 unspecified atom stereocenters. The smallest absolute Gasteiger partial charge is 0.391 e. The Labute approximate surface area is 133 Å². The number of carbonyl (C=O) groups is 1. The van der Waals surface area contributed by atoms with Crippen LogP contribution in [0.4, 0.5) is 18.0 Å². The Kier molecular flexibility index (Phi) is 5.51. The number of hydrogen-bond acceptors (Lipinski definition) is 2. The highest BCUT2D eigenvalue weighted by atomic mass is 19.4. The summed E-state index contributed by atoms with van der Waals surface area (Å²) in [5.41, 5.74) is -0.513. The number of aliphatic hydroxyl groups excluding tert-OH is 1. The number of piperidine rings is 1. The van der Waals surface area contributed by atoms with E-state index in [4.69, 9.17) is 0 Å². The van der Waals surface area contributed by atoms with Crippen LogP contribution in [-0.2, 0) is 12.6 Å². The van der Waals surface area contributed by atoms with E-state index in [1.165, 1.54) is 17.0 Å². The fraction of sp³-hybridized carbons (Fsp3) is 0.562. The molecule has 1 heterocycles. The molecule has 2 atom stereocenters. The van der Waals surface area contributed by atoms with Gasteiger partial charge in [0.15, 0.2) is 0 Å². The molecule has 7 heteroatoms. The molecule has 1 saturated heterocycles. The zero-order valence-corrected chi connectivity index (χ0v) is 12.9. The van der Waals surface area contributed by atoms with Crippen molar-refractivity contribution in [3.8, 4) is 0 Å². The summed E-state index contributed by atoms with van der Waals surface area (Å²) in [4.78, 5) is 13.6. The third-order valence-electron chi connectivity index (χ3n) is 3.90. The van der Waals surface area contributed by atoms with Gasteiger partial charge in [0, 0.05) is 19.1 Å². The van der Waals surface area contributed by atoms with Crippen molar-refractivity contribution in [2.75, 3.05) is 13.1 Å². The molecule has 2 rings (SSSR count). The normalized spacial score (nSPS) is 20.2. The first-order valence-electron chi connectivity index (χ1n) is 7.66. The molecule has 0 spiro atoms. The molecular formula is C16H21F3N2O2. The summed E-state index contributed by atoms with van der Waals surface area (Å²) in [6, 6.07) is 4.59. The molecular weight excluding hydrogens is 309 g/mol. The first-order chi connectivity index (χ1) is 10.8. The summed E-state index contributed by atoms with van der Waals surface area (Å²) in [7, 11) is 0. The van der Waals surface area contributed by atoms with Crippen molar-refractivity contribution in [2.24, 2.45) is 0 Å². The predicted octanol–water partition coefficient (Wildman–Crippen LogP) is 2.80. The molecule has 1 fully saturated rings. The Morgan fingerprint density at radius 2 is 2.13 bits per heavy atom. The lowest BCUT2D eigenvalue weighted by molar-refractivity contribution is -0.138. The number of hydrogen-bond donors (Lipinski definition) is 2. The van der Waals surface area contributed by atoms with Crippen molar-refractivity contribution < 1.29 is 23.1 Å². The van der Waals surface area contributed by atoms with Crippen LogP contribution in [0.3, 0.4) is 0 Å². The molecule has 128 valence electrons. The van der Waals surface area contributed by atoms with Crippen LogP contribution < -0.4 is 5.32 Å². The third-order valence-corrected chi connectivity index (χ3v) is 3.90. The number of aliphatic hydroxyl groups is 1. The number of likely N-dealkylation sites (tertiary alicyclic amines) is 1. The molecule has 1 aliphatic heterocycles. The van der Waals surface area contributed by atoms with E-state index in [1.54, 1.807) is 13.0 Å². The maximum absolute atomic E-state index is 13.0. The molecule has 23 heavy (non-hydrogen) atoms. The molecule has 1 aromatic rings. The number of amides is 2. The monoisotopic (exact) mass is 330 g/mol. The highest BCUT2D eigenvalue weighted by molar-refractivity contribution is 5.74. The van der Waals surface area contributed by atoms with Gasteiger partial charge in [0.05, 0.1) is 11.7 Å². The zero-order valence-electron chi connectivity index (χ0n) is 12.9. The first-order valence-corrected chi connectivity index (χ1v) is 7.66. The summed E-state index contributed by atoms with van der Waals surface area (Å²) < 4.78 is 38.9. The number of benzene rings is 1. The van der Waals surface area contributed by atoms with Gasteiger partial charge in [-0.15, -0.1) is 0 Å². The van der Waals surface area contributed by atoms with Crippen LogP contribution in [0.5, 0.6) is 0 Å². The van der Waals surface area contributed by atoms with Crippen LogP contribution in [0.1, 0.15) is 30.9 Å². The summed E-state index contributed by atoms with van der Waals surface area (Å²) >= 11 is 0. The lowest BCUT2D eigenvalue weighted by Gasteiger charge is -2.31. The number of urea groups is 1. The van der Waals surface area contributed by atoms with E-state index < -0.39 is 23.9 Å². The molecule has 0 aromatic heterocycles. The van der Waals surface area contributed by atoms with E-state index in [9.17, 15) is 23.1 Å². The van der Waals surface area contributed by atoms with Crippen LogP contribution in [-0.4, -0.2) is 41.3 Å². The minimum Gasteiger partial charge on any atom is -0.391 e. The SMILES string of the molecule is C[C@H](Cc1ccccc1C(F)(F)F)NC(=O)N1CCC[C@@H](O)C1. The highest BCUT2D eigenvalue weighted by Gasteiger charge is 2.33. The number of rotatable bonds is 3. The van der Waals surface area contributed by atoms with Crippen LogP contribution in [0.2, 0.25) is 0 Å². The van der Waals surface area contributed by atoms with Crippen molar-refractivity contribution >= 4 is 6.03 Å². The van der Waals surface area contributed by atoms with Crippen molar-refractivity contribution in [2.45, 2.75) is 44.5 Å². The Balaban J connectivity index is 1.97. The van der Waals surface area contributed by atoms with Gasteiger partial charge in [-0.25, -0.2) is 4.79 Å². The van der Waals surface area contributed by atoms with Crippen molar-refractivity contribution in [1.82, 2.24) is 10.2 Å². The summed E-state index contributed by atoms with van der Waals surface area (Å²) in [6.07, 6.45) is -3.46. The largest absolute Gasteiger partial charge is 0.416 e. The number of nitrogens with one attached hydrogen (secondary N) is 1. The maximum Gasteiger partial charge on any atom is 0.416 e. The predicted molar refractivity (Wildman–Crippen MR) is 80.0 cm³/mol. The van der Waals surface area contributed by atoms with Gasteiger partial charge in [0.25, 0.3) is 0 Å². The summed E-state index contributed by atoms with van der Waals surface area (Å²) in [5, 5.41) is 12.3. The fourth-order valence-corrected chi connectivity index (χ4v) is 2.80. The fourth-order valence-electron chi connectivity index (χ4n) is 2.80. The van der Waals surface area contributed by atoms with Gasteiger partial charge in [-0.3, -0.25) is 0 Å². The first kappa shape index (κ1) is 17.6. The molecule has 0 saturated carbocycles. The number of alkyl halides is 3. The topological polar surface area (TPSA) is 52.6 Å². The van der Waals surface area contributed by atoms with Gasteiger partial charge >= 0.3 is 12.2 Å². The second kappa shape index (κ2) is 7.21. The van der Waals surface area contributed by atoms with E-state index in [0.717, 1.165) is 12.5 Å². The van der Waals surface area contributed by atoms with Crippen molar-refractivity contribution in [3.63, 3.8) is 0 Å². The molecule has 2 amide bonds.